The van der Waals surface area contributed by atoms with E-state index < -0.39 is 4.86 Å². The van der Waals surface area contributed by atoms with Crippen molar-refractivity contribution in [2.75, 3.05) is 5.20 Å². The summed E-state index contributed by atoms with van der Waals surface area (Å²) in [7, 11) is 0. The quantitative estimate of drug-likeness (QED) is 0.551. The number of hydrogen-bond acceptors (Lipinski definition) is 4. The van der Waals surface area contributed by atoms with Gasteiger partial charge in [0.05, 0.1) is 0 Å². The Hall–Kier alpha value is -1.32. The third kappa shape index (κ3) is 2.29. The van der Waals surface area contributed by atoms with Gasteiger partial charge in [-0.05, 0) is 0 Å². The van der Waals surface area contributed by atoms with Gasteiger partial charge in [0.25, 0.3) is 0 Å². The van der Waals surface area contributed by atoms with Gasteiger partial charge in [-0.25, -0.2) is 0 Å². The van der Waals surface area contributed by atoms with Gasteiger partial charge >= 0.3 is 134 Å². The minimum absolute atomic E-state index is 0.853. The van der Waals surface area contributed by atoms with Gasteiger partial charge in [-0.1, -0.05) is 0 Å². The van der Waals surface area contributed by atoms with E-state index in [1.807, 2.05) is 41.1 Å². The van der Waals surface area contributed by atoms with Crippen LogP contribution >= 0.6 is 16.2 Å². The van der Waals surface area contributed by atoms with Crippen LogP contribution in [0.15, 0.2) is 65.8 Å². The van der Waals surface area contributed by atoms with Crippen molar-refractivity contribution < 1.29 is 0 Å². The molecule has 1 aliphatic heterocycles. The summed E-state index contributed by atoms with van der Waals surface area (Å²) in [5.74, 6) is 0.853. The zero-order chi connectivity index (χ0) is 14.3. The fraction of sp³-hybridized carbons (Fsp3) is 0. The average molecular weight is 377 g/mol. The van der Waals surface area contributed by atoms with Crippen LogP contribution < -0.4 is 10.5 Å². The second kappa shape index (κ2) is 5.15. The van der Waals surface area contributed by atoms with Gasteiger partial charge in [0, 0.05) is 0 Å². The van der Waals surface area contributed by atoms with Gasteiger partial charge in [0.15, 0.2) is 0 Å². The van der Waals surface area contributed by atoms with Crippen molar-refractivity contribution in [1.82, 2.24) is 14.9 Å². The van der Waals surface area contributed by atoms with E-state index in [-0.39, 0.29) is 0 Å². The van der Waals surface area contributed by atoms with Gasteiger partial charge in [0.1, 0.15) is 0 Å². The first-order valence-electron chi connectivity index (χ1n) is 6.41. The number of nitrogens with one attached hydrogen (secondary N) is 1. The predicted molar refractivity (Wildman–Crippen MR) is 89.4 cm³/mol. The maximum atomic E-state index is 4.32. The zero-order valence-electron chi connectivity index (χ0n) is 10.9. The van der Waals surface area contributed by atoms with Crippen LogP contribution in [0.4, 0.5) is 0 Å². The molecular formula is C14H11N4PSSe. The molecule has 1 aromatic heterocycles. The zero-order valence-corrected chi connectivity index (χ0v) is 14.3. The summed E-state index contributed by atoms with van der Waals surface area (Å²) in [4.78, 5) is -1.65. The van der Waals surface area contributed by atoms with Crippen LogP contribution in [-0.2, 0) is 0 Å². The predicted octanol–water partition coefficient (Wildman–Crippen LogP) is 2.85. The molecule has 0 saturated heterocycles. The number of fused-ring (bicyclic) bond motifs is 1. The van der Waals surface area contributed by atoms with Crippen LogP contribution in [0.3, 0.4) is 0 Å². The molecule has 0 fully saturated rings. The number of benzene rings is 2. The Balaban J connectivity index is 1.76. The Morgan fingerprint density at radius 2 is 1.62 bits per heavy atom. The van der Waals surface area contributed by atoms with Crippen LogP contribution in [0.5, 0.6) is 0 Å². The van der Waals surface area contributed by atoms with E-state index >= 15 is 0 Å². The van der Waals surface area contributed by atoms with Crippen LogP contribution in [-0.4, -0.2) is 30.0 Å². The van der Waals surface area contributed by atoms with Gasteiger partial charge < -0.3 is 0 Å². The molecular weight excluding hydrogens is 366 g/mol. The SMILES string of the molecule is [Se]=P1(c2ccccc2)Nn2c(nnc2-c2ccccc2)S1. The van der Waals surface area contributed by atoms with Gasteiger partial charge in [-0.15, -0.1) is 0 Å². The Morgan fingerprint density at radius 1 is 0.952 bits per heavy atom. The van der Waals surface area contributed by atoms with Crippen LogP contribution in [0.2, 0.25) is 0 Å². The summed E-state index contributed by atoms with van der Waals surface area (Å²) < 4.78 is 2.00. The molecule has 7 heteroatoms. The summed E-state index contributed by atoms with van der Waals surface area (Å²) in [5.41, 5.74) is 1.06. The molecule has 1 N–H and O–H groups in total. The molecule has 4 nitrogen and oxygen atoms in total. The summed E-state index contributed by atoms with van der Waals surface area (Å²) in [5, 5.41) is 14.4. The number of aromatic nitrogens is 3. The topological polar surface area (TPSA) is 42.7 Å². The molecule has 0 saturated carbocycles. The molecule has 4 rings (SSSR count). The second-order valence-corrected chi connectivity index (χ2v) is 14.2. The molecule has 1 unspecified atom stereocenters. The van der Waals surface area contributed by atoms with E-state index in [1.54, 1.807) is 11.4 Å². The van der Waals surface area contributed by atoms with Crippen molar-refractivity contribution in [3.8, 4) is 11.4 Å². The Kier molecular flexibility index (Phi) is 3.27. The van der Waals surface area contributed by atoms with E-state index in [4.69, 9.17) is 0 Å². The van der Waals surface area contributed by atoms with E-state index in [0.717, 1.165) is 16.5 Å². The van der Waals surface area contributed by atoms with Gasteiger partial charge in [-0.3, -0.25) is 0 Å². The Bertz CT molecular complexity index is 835. The molecule has 1 aliphatic rings. The molecule has 0 bridgehead atoms. The van der Waals surface area contributed by atoms with Crippen LogP contribution in [0, 0.1) is 0 Å². The molecule has 0 radical (unpaired) electrons. The number of hydrogen-bond donors (Lipinski definition) is 1. The third-order valence-electron chi connectivity index (χ3n) is 3.20. The first-order chi connectivity index (χ1) is 10.3. The Morgan fingerprint density at radius 3 is 2.33 bits per heavy atom. The normalized spacial score (nSPS) is 20.0. The number of nitrogens with zero attached hydrogens (tertiary/aromatic N) is 3. The maximum absolute atomic E-state index is 4.32. The molecule has 0 aliphatic carbocycles. The minimum atomic E-state index is -1.65. The molecule has 0 spiro atoms. The van der Waals surface area contributed by atoms with Crippen molar-refractivity contribution in [3.63, 3.8) is 0 Å². The van der Waals surface area contributed by atoms with Crippen molar-refractivity contribution in [3.05, 3.63) is 60.7 Å². The van der Waals surface area contributed by atoms with Crippen LogP contribution in [0.1, 0.15) is 0 Å². The van der Waals surface area contributed by atoms with E-state index in [0.29, 0.717) is 0 Å². The summed E-state index contributed by atoms with van der Waals surface area (Å²) in [6.07, 6.45) is 0. The van der Waals surface area contributed by atoms with Crippen molar-refractivity contribution in [2.45, 2.75) is 5.16 Å². The first kappa shape index (κ1) is 13.3. The van der Waals surface area contributed by atoms with Crippen molar-refractivity contribution >= 4 is 36.6 Å². The van der Waals surface area contributed by atoms with E-state index in [2.05, 4.69) is 54.8 Å². The molecule has 104 valence electrons. The fourth-order valence-corrected chi connectivity index (χ4v) is 8.70. The van der Waals surface area contributed by atoms with E-state index in [1.165, 1.54) is 5.30 Å². The summed E-state index contributed by atoms with van der Waals surface area (Å²) in [6.45, 7) is 0. The molecule has 1 atom stereocenters. The first-order valence-corrected chi connectivity index (χ1v) is 11.8. The van der Waals surface area contributed by atoms with Crippen molar-refractivity contribution in [2.24, 2.45) is 0 Å². The van der Waals surface area contributed by atoms with Crippen molar-refractivity contribution in [1.29, 1.82) is 0 Å². The van der Waals surface area contributed by atoms with Gasteiger partial charge in [0.2, 0.25) is 0 Å². The van der Waals surface area contributed by atoms with Crippen LogP contribution in [0.25, 0.3) is 11.4 Å². The molecule has 3 aromatic rings. The second-order valence-electron chi connectivity index (χ2n) is 4.59. The summed E-state index contributed by atoms with van der Waals surface area (Å²) in [6, 6.07) is 20.6. The third-order valence-corrected chi connectivity index (χ3v) is 10.7. The van der Waals surface area contributed by atoms with E-state index in [9.17, 15) is 0 Å². The summed E-state index contributed by atoms with van der Waals surface area (Å²) >= 11 is 5.10. The molecule has 2 aromatic carbocycles. The monoisotopic (exact) mass is 378 g/mol. The molecule has 2 heterocycles. The Labute approximate surface area is 134 Å². The fourth-order valence-electron chi connectivity index (χ4n) is 2.20. The standard InChI is InChI=1S/C14H11N4PSSe/c21-19(12-9-5-2-6-10-12)17-18-13(15-16-14(18)20-19)11-7-3-1-4-8-11/h1-10H,(H,17,21). The number of rotatable bonds is 2. The molecule has 0 amide bonds. The average Bonchev–Trinajstić information content (AvgIpc) is 3.06. The molecule has 21 heavy (non-hydrogen) atoms. The van der Waals surface area contributed by atoms with Gasteiger partial charge in [-0.2, -0.15) is 0 Å².